The zero-order valence-electron chi connectivity index (χ0n) is 13.8. The summed E-state index contributed by atoms with van der Waals surface area (Å²) in [5.74, 6) is -0.224. The second kappa shape index (κ2) is 7.96. The van der Waals surface area contributed by atoms with Gasteiger partial charge in [0.1, 0.15) is 0 Å². The van der Waals surface area contributed by atoms with Crippen molar-refractivity contribution >= 4 is 29.1 Å². The number of nitrogens with one attached hydrogen (secondary N) is 2. The van der Waals surface area contributed by atoms with E-state index in [1.807, 2.05) is 6.92 Å². The van der Waals surface area contributed by atoms with E-state index in [2.05, 4.69) is 15.5 Å². The quantitative estimate of drug-likeness (QED) is 0.591. The summed E-state index contributed by atoms with van der Waals surface area (Å²) in [6.07, 6.45) is 0.802. The highest BCUT2D eigenvalue weighted by Gasteiger charge is 2.19. The van der Waals surface area contributed by atoms with E-state index < -0.39 is 5.25 Å². The van der Waals surface area contributed by atoms with Crippen LogP contribution in [0.2, 0.25) is 0 Å². The Kier molecular flexibility index (Phi) is 5.97. The van der Waals surface area contributed by atoms with E-state index in [1.54, 1.807) is 31.2 Å². The van der Waals surface area contributed by atoms with Gasteiger partial charge in [-0.05, 0) is 44.5 Å². The van der Waals surface area contributed by atoms with Crippen LogP contribution in [-0.4, -0.2) is 31.7 Å². The number of nitrogens with zero attached hydrogens (tertiary/aromatic N) is 2. The number of hydrogen-bond acceptors (Lipinski definition) is 5. The lowest BCUT2D eigenvalue weighted by atomic mass is 10.1. The first-order valence-electron chi connectivity index (χ1n) is 7.66. The highest BCUT2D eigenvalue weighted by molar-refractivity contribution is 8.00. The van der Waals surface area contributed by atoms with Crippen molar-refractivity contribution in [3.63, 3.8) is 0 Å². The number of Topliss-reactive ketones (excluding diaryl/α,β-unsaturated/α-hetero) is 1. The summed E-state index contributed by atoms with van der Waals surface area (Å²) in [4.78, 5) is 35.2. The molecule has 0 bridgehead atoms. The Hall–Kier alpha value is -2.35. The van der Waals surface area contributed by atoms with E-state index in [9.17, 15) is 14.4 Å². The van der Waals surface area contributed by atoms with Gasteiger partial charge in [0.2, 0.25) is 5.91 Å². The van der Waals surface area contributed by atoms with E-state index >= 15 is 0 Å². The molecular formula is C16H20N4O3S. The minimum Gasteiger partial charge on any atom is -0.325 e. The van der Waals surface area contributed by atoms with Gasteiger partial charge in [0.15, 0.2) is 10.9 Å². The summed E-state index contributed by atoms with van der Waals surface area (Å²) in [6, 6.07) is 6.71. The van der Waals surface area contributed by atoms with Crippen molar-refractivity contribution in [2.75, 3.05) is 5.32 Å². The van der Waals surface area contributed by atoms with Gasteiger partial charge in [0.25, 0.3) is 0 Å². The molecule has 128 valence electrons. The predicted octanol–water partition coefficient (Wildman–Crippen LogP) is 2.30. The lowest BCUT2D eigenvalue weighted by Crippen LogP contribution is -2.24. The molecule has 0 spiro atoms. The average molecular weight is 348 g/mol. The molecule has 0 saturated carbocycles. The molecule has 0 saturated heterocycles. The van der Waals surface area contributed by atoms with Crippen LogP contribution in [0.4, 0.5) is 5.69 Å². The molecule has 1 aromatic carbocycles. The van der Waals surface area contributed by atoms with Crippen LogP contribution in [0.3, 0.4) is 0 Å². The number of benzene rings is 1. The topological polar surface area (TPSA) is 96.8 Å². The van der Waals surface area contributed by atoms with Gasteiger partial charge >= 0.3 is 5.69 Å². The average Bonchev–Trinajstić information content (AvgIpc) is 2.89. The fraction of sp³-hybridized carbons (Fsp3) is 0.375. The van der Waals surface area contributed by atoms with Crippen molar-refractivity contribution in [2.45, 2.75) is 44.1 Å². The Bertz CT molecular complexity index is 779. The Labute approximate surface area is 143 Å². The molecule has 0 radical (unpaired) electrons. The van der Waals surface area contributed by atoms with Crippen molar-refractivity contribution in [3.05, 3.63) is 40.3 Å². The number of carbonyl (C=O) groups is 2. The first kappa shape index (κ1) is 18.0. The fourth-order valence-electron chi connectivity index (χ4n) is 2.06. The molecule has 0 aliphatic heterocycles. The summed E-state index contributed by atoms with van der Waals surface area (Å²) in [6.45, 7) is 5.76. The third-order valence-corrected chi connectivity index (χ3v) is 4.47. The minimum absolute atomic E-state index is 0.0239. The second-order valence-electron chi connectivity index (χ2n) is 5.35. The summed E-state index contributed by atoms with van der Waals surface area (Å²) in [5.41, 5.74) is 0.938. The van der Waals surface area contributed by atoms with Gasteiger partial charge in [-0.2, -0.15) is 0 Å². The summed E-state index contributed by atoms with van der Waals surface area (Å²) in [7, 11) is 0. The molecule has 2 rings (SSSR count). The molecule has 0 aliphatic rings. The van der Waals surface area contributed by atoms with Crippen molar-refractivity contribution in [1.82, 2.24) is 14.8 Å². The normalized spacial score (nSPS) is 12.0. The van der Waals surface area contributed by atoms with Gasteiger partial charge in [0, 0.05) is 17.8 Å². The fourth-order valence-corrected chi connectivity index (χ4v) is 2.94. The van der Waals surface area contributed by atoms with E-state index in [0.717, 1.165) is 6.42 Å². The number of ketones is 1. The van der Waals surface area contributed by atoms with Gasteiger partial charge in [-0.1, -0.05) is 18.7 Å². The molecule has 8 heteroatoms. The molecule has 1 amide bonds. The zero-order chi connectivity index (χ0) is 17.7. The number of aromatic nitrogens is 3. The second-order valence-corrected chi connectivity index (χ2v) is 6.65. The molecule has 7 nitrogen and oxygen atoms in total. The zero-order valence-corrected chi connectivity index (χ0v) is 14.6. The maximum Gasteiger partial charge on any atom is 0.343 e. The Morgan fingerprint density at radius 2 is 2.00 bits per heavy atom. The van der Waals surface area contributed by atoms with E-state index in [0.29, 0.717) is 23.0 Å². The molecule has 1 unspecified atom stereocenters. The van der Waals surface area contributed by atoms with E-state index in [-0.39, 0.29) is 17.4 Å². The lowest BCUT2D eigenvalue weighted by Gasteiger charge is -2.12. The van der Waals surface area contributed by atoms with Crippen LogP contribution in [0.5, 0.6) is 0 Å². The summed E-state index contributed by atoms with van der Waals surface area (Å²) < 4.78 is 1.52. The maximum atomic E-state index is 12.3. The number of aromatic amines is 1. The van der Waals surface area contributed by atoms with Crippen LogP contribution in [0.25, 0.3) is 0 Å². The number of amides is 1. The number of thioether (sulfide) groups is 1. The number of anilines is 1. The van der Waals surface area contributed by atoms with Crippen LogP contribution in [0, 0.1) is 0 Å². The molecule has 0 aliphatic carbocycles. The lowest BCUT2D eigenvalue weighted by molar-refractivity contribution is -0.115. The Morgan fingerprint density at radius 3 is 2.58 bits per heavy atom. The molecule has 24 heavy (non-hydrogen) atoms. The van der Waals surface area contributed by atoms with Crippen LogP contribution in [0.1, 0.15) is 37.6 Å². The molecule has 1 heterocycles. The van der Waals surface area contributed by atoms with Crippen LogP contribution in [0.15, 0.2) is 34.2 Å². The van der Waals surface area contributed by atoms with E-state index in [1.165, 1.54) is 23.3 Å². The monoisotopic (exact) mass is 348 g/mol. The SMILES string of the molecule is CCCn1c(SC(C)C(=O)Nc2ccc(C(C)=O)cc2)n[nH]c1=O. The van der Waals surface area contributed by atoms with Gasteiger partial charge < -0.3 is 5.32 Å². The van der Waals surface area contributed by atoms with Crippen molar-refractivity contribution in [1.29, 1.82) is 0 Å². The maximum absolute atomic E-state index is 12.3. The molecular weight excluding hydrogens is 328 g/mol. The number of H-pyrrole nitrogens is 1. The predicted molar refractivity (Wildman–Crippen MR) is 93.5 cm³/mol. The van der Waals surface area contributed by atoms with Crippen LogP contribution < -0.4 is 11.0 Å². The van der Waals surface area contributed by atoms with Crippen LogP contribution >= 0.6 is 11.8 Å². The minimum atomic E-state index is -0.428. The van der Waals surface area contributed by atoms with Crippen molar-refractivity contribution < 1.29 is 9.59 Å². The molecule has 0 fully saturated rings. The standard InChI is InChI=1S/C16H20N4O3S/c1-4-9-20-15(23)18-19-16(20)24-11(3)14(22)17-13-7-5-12(6-8-13)10(2)21/h5-8,11H,4,9H2,1-3H3,(H,17,22)(H,18,23). The largest absolute Gasteiger partial charge is 0.343 e. The van der Waals surface area contributed by atoms with Gasteiger partial charge in [0.05, 0.1) is 5.25 Å². The summed E-state index contributed by atoms with van der Waals surface area (Å²) in [5, 5.41) is 9.23. The van der Waals surface area contributed by atoms with Gasteiger partial charge in [-0.3, -0.25) is 14.2 Å². The third-order valence-electron chi connectivity index (χ3n) is 3.38. The number of carbonyl (C=O) groups excluding carboxylic acids is 2. The van der Waals surface area contributed by atoms with Crippen LogP contribution in [-0.2, 0) is 11.3 Å². The smallest absolute Gasteiger partial charge is 0.325 e. The number of hydrogen-bond donors (Lipinski definition) is 2. The molecule has 1 aromatic heterocycles. The van der Waals surface area contributed by atoms with Crippen molar-refractivity contribution in [2.24, 2.45) is 0 Å². The molecule has 1 atom stereocenters. The van der Waals surface area contributed by atoms with Gasteiger partial charge in [-0.25, -0.2) is 9.89 Å². The first-order chi connectivity index (χ1) is 11.4. The highest BCUT2D eigenvalue weighted by Crippen LogP contribution is 2.21. The first-order valence-corrected chi connectivity index (χ1v) is 8.54. The Balaban J connectivity index is 2.02. The molecule has 2 aromatic rings. The Morgan fingerprint density at radius 1 is 1.33 bits per heavy atom. The highest BCUT2D eigenvalue weighted by atomic mass is 32.2. The summed E-state index contributed by atoms with van der Waals surface area (Å²) >= 11 is 1.22. The van der Waals surface area contributed by atoms with Gasteiger partial charge in [-0.15, -0.1) is 5.10 Å². The third kappa shape index (κ3) is 4.35. The van der Waals surface area contributed by atoms with Crippen molar-refractivity contribution in [3.8, 4) is 0 Å². The number of rotatable bonds is 7. The molecule has 2 N–H and O–H groups in total. The van der Waals surface area contributed by atoms with E-state index in [4.69, 9.17) is 0 Å².